The third-order valence-corrected chi connectivity index (χ3v) is 3.44. The molecule has 0 bridgehead atoms. The zero-order valence-electron chi connectivity index (χ0n) is 10.8. The number of halogens is 5. The molecule has 2 aromatic rings. The van der Waals surface area contributed by atoms with Crippen molar-refractivity contribution in [3.63, 3.8) is 0 Å². The molecule has 22 heavy (non-hydrogen) atoms. The maximum absolute atomic E-state index is 13.6. The van der Waals surface area contributed by atoms with E-state index >= 15 is 0 Å². The lowest BCUT2D eigenvalue weighted by Crippen LogP contribution is -2.21. The highest BCUT2D eigenvalue weighted by Crippen LogP contribution is 2.27. The average molecular weight is 395 g/mol. The van der Waals surface area contributed by atoms with E-state index < -0.39 is 30.0 Å². The normalized spacial score (nSPS) is 10.4. The van der Waals surface area contributed by atoms with Crippen molar-refractivity contribution in [2.75, 3.05) is 11.9 Å². The van der Waals surface area contributed by atoms with Crippen LogP contribution in [0, 0.1) is 17.5 Å². The predicted octanol–water partition coefficient (Wildman–Crippen LogP) is 4.54. The standard InChI is InChI=1S/C14H8BrClF3NO2/c15-9-3-8(18)5-11(19)14(9)20-13(21)6-22-12-2-1-7(17)4-10(12)16/h1-5H,6H2,(H,20,21). The Hall–Kier alpha value is -1.73. The maximum atomic E-state index is 13.6. The predicted molar refractivity (Wildman–Crippen MR) is 79.6 cm³/mol. The van der Waals surface area contributed by atoms with Gasteiger partial charge in [-0.3, -0.25) is 4.79 Å². The van der Waals surface area contributed by atoms with Gasteiger partial charge in [-0.2, -0.15) is 0 Å². The highest BCUT2D eigenvalue weighted by Gasteiger charge is 2.14. The molecule has 1 amide bonds. The summed E-state index contributed by atoms with van der Waals surface area (Å²) in [5, 5.41) is 2.24. The first-order valence-corrected chi connectivity index (χ1v) is 7.06. The Balaban J connectivity index is 2.02. The number of nitrogens with one attached hydrogen (secondary N) is 1. The van der Waals surface area contributed by atoms with Crippen LogP contribution < -0.4 is 10.1 Å². The number of anilines is 1. The fourth-order valence-corrected chi connectivity index (χ4v) is 2.30. The summed E-state index contributed by atoms with van der Waals surface area (Å²) >= 11 is 8.68. The number of hydrogen-bond acceptors (Lipinski definition) is 2. The van der Waals surface area contributed by atoms with Crippen LogP contribution in [0.3, 0.4) is 0 Å². The van der Waals surface area contributed by atoms with E-state index in [4.69, 9.17) is 16.3 Å². The molecule has 0 unspecified atom stereocenters. The molecule has 116 valence electrons. The number of ether oxygens (including phenoxy) is 1. The lowest BCUT2D eigenvalue weighted by molar-refractivity contribution is -0.118. The average Bonchev–Trinajstić information content (AvgIpc) is 2.42. The molecule has 0 saturated carbocycles. The largest absolute Gasteiger partial charge is 0.482 e. The number of carbonyl (C=O) groups excluding carboxylic acids is 1. The zero-order valence-corrected chi connectivity index (χ0v) is 13.1. The molecule has 2 aromatic carbocycles. The van der Waals surface area contributed by atoms with Crippen molar-refractivity contribution in [2.24, 2.45) is 0 Å². The van der Waals surface area contributed by atoms with Gasteiger partial charge in [0.2, 0.25) is 0 Å². The summed E-state index contributed by atoms with van der Waals surface area (Å²) in [5.74, 6) is -2.83. The third kappa shape index (κ3) is 4.14. The smallest absolute Gasteiger partial charge is 0.262 e. The Morgan fingerprint density at radius 3 is 2.55 bits per heavy atom. The minimum atomic E-state index is -0.931. The highest BCUT2D eigenvalue weighted by molar-refractivity contribution is 9.10. The quantitative estimate of drug-likeness (QED) is 0.827. The molecular formula is C14H8BrClF3NO2. The highest BCUT2D eigenvalue weighted by atomic mass is 79.9. The minimum Gasteiger partial charge on any atom is -0.482 e. The van der Waals surface area contributed by atoms with E-state index in [1.165, 1.54) is 6.07 Å². The fourth-order valence-electron chi connectivity index (χ4n) is 1.57. The maximum Gasteiger partial charge on any atom is 0.262 e. The summed E-state index contributed by atoms with van der Waals surface area (Å²) in [7, 11) is 0. The monoisotopic (exact) mass is 393 g/mol. The lowest BCUT2D eigenvalue weighted by Gasteiger charge is -2.10. The van der Waals surface area contributed by atoms with Crippen LogP contribution in [0.1, 0.15) is 0 Å². The van der Waals surface area contributed by atoms with Gasteiger partial charge < -0.3 is 10.1 Å². The summed E-state index contributed by atoms with van der Waals surface area (Å²) in [6, 6.07) is 5.06. The number of benzene rings is 2. The zero-order chi connectivity index (χ0) is 16.3. The van der Waals surface area contributed by atoms with Crippen molar-refractivity contribution < 1.29 is 22.7 Å². The van der Waals surface area contributed by atoms with Gasteiger partial charge in [-0.15, -0.1) is 0 Å². The number of carbonyl (C=O) groups is 1. The van der Waals surface area contributed by atoms with Crippen molar-refractivity contribution in [1.82, 2.24) is 0 Å². The van der Waals surface area contributed by atoms with E-state index in [9.17, 15) is 18.0 Å². The van der Waals surface area contributed by atoms with Gasteiger partial charge in [0, 0.05) is 10.5 Å². The molecule has 0 aliphatic heterocycles. The van der Waals surface area contributed by atoms with Crippen LogP contribution in [-0.4, -0.2) is 12.5 Å². The molecule has 3 nitrogen and oxygen atoms in total. The SMILES string of the molecule is O=C(COc1ccc(F)cc1Cl)Nc1c(F)cc(F)cc1Br. The number of rotatable bonds is 4. The topological polar surface area (TPSA) is 38.3 Å². The molecule has 0 fully saturated rings. The van der Waals surface area contributed by atoms with Gasteiger partial charge in [0.1, 0.15) is 17.4 Å². The molecule has 0 aliphatic carbocycles. The second-order valence-electron chi connectivity index (χ2n) is 4.16. The molecule has 0 heterocycles. The Labute approximate surface area is 137 Å². The van der Waals surface area contributed by atoms with E-state index in [1.54, 1.807) is 0 Å². The molecule has 0 aromatic heterocycles. The molecule has 0 spiro atoms. The summed E-state index contributed by atoms with van der Waals surface area (Å²) < 4.78 is 44.5. The van der Waals surface area contributed by atoms with Gasteiger partial charge in [-0.25, -0.2) is 13.2 Å². The van der Waals surface area contributed by atoms with Crippen LogP contribution in [-0.2, 0) is 4.79 Å². The van der Waals surface area contributed by atoms with Crippen molar-refractivity contribution in [3.05, 3.63) is 57.3 Å². The van der Waals surface area contributed by atoms with Gasteiger partial charge >= 0.3 is 0 Å². The van der Waals surface area contributed by atoms with E-state index in [1.807, 2.05) is 0 Å². The second kappa shape index (κ2) is 7.02. The van der Waals surface area contributed by atoms with Gasteiger partial charge in [0.05, 0.1) is 10.7 Å². The van der Waals surface area contributed by atoms with Crippen molar-refractivity contribution in [2.45, 2.75) is 0 Å². The fraction of sp³-hybridized carbons (Fsp3) is 0.0714. The molecule has 2 rings (SSSR count). The minimum absolute atomic E-state index is 0.00180. The van der Waals surface area contributed by atoms with E-state index in [-0.39, 0.29) is 20.9 Å². The molecule has 1 N–H and O–H groups in total. The van der Waals surface area contributed by atoms with Crippen LogP contribution in [0.25, 0.3) is 0 Å². The van der Waals surface area contributed by atoms with Crippen LogP contribution in [0.5, 0.6) is 5.75 Å². The Kier molecular flexibility index (Phi) is 5.31. The summed E-state index contributed by atoms with van der Waals surface area (Å²) in [6.45, 7) is -0.478. The molecule has 8 heteroatoms. The van der Waals surface area contributed by atoms with E-state index in [0.29, 0.717) is 6.07 Å². The molecular weight excluding hydrogens is 387 g/mol. The third-order valence-electron chi connectivity index (χ3n) is 2.52. The first kappa shape index (κ1) is 16.6. The lowest BCUT2D eigenvalue weighted by atomic mass is 10.3. The number of hydrogen-bond donors (Lipinski definition) is 1. The van der Waals surface area contributed by atoms with Gasteiger partial charge in [-0.1, -0.05) is 11.6 Å². The van der Waals surface area contributed by atoms with Crippen molar-refractivity contribution in [1.29, 1.82) is 0 Å². The van der Waals surface area contributed by atoms with Crippen LogP contribution >= 0.6 is 27.5 Å². The summed E-state index contributed by atoms with van der Waals surface area (Å²) in [6.07, 6.45) is 0. The molecule has 0 saturated heterocycles. The Bertz CT molecular complexity index is 704. The van der Waals surface area contributed by atoms with Crippen molar-refractivity contribution >= 4 is 39.1 Å². The molecule has 0 atom stereocenters. The van der Waals surface area contributed by atoms with Gasteiger partial charge in [-0.05, 0) is 40.2 Å². The van der Waals surface area contributed by atoms with Crippen LogP contribution in [0.2, 0.25) is 5.02 Å². The van der Waals surface area contributed by atoms with E-state index in [2.05, 4.69) is 21.2 Å². The Morgan fingerprint density at radius 1 is 1.18 bits per heavy atom. The second-order valence-corrected chi connectivity index (χ2v) is 5.42. The van der Waals surface area contributed by atoms with Crippen molar-refractivity contribution in [3.8, 4) is 5.75 Å². The first-order chi connectivity index (χ1) is 10.4. The number of amides is 1. The first-order valence-electron chi connectivity index (χ1n) is 5.89. The summed E-state index contributed by atoms with van der Waals surface area (Å²) in [4.78, 5) is 11.7. The molecule has 0 radical (unpaired) electrons. The van der Waals surface area contributed by atoms with Gasteiger partial charge in [0.15, 0.2) is 12.4 Å². The molecule has 0 aliphatic rings. The van der Waals surface area contributed by atoms with Crippen LogP contribution in [0.15, 0.2) is 34.8 Å². The Morgan fingerprint density at radius 2 is 1.91 bits per heavy atom. The van der Waals surface area contributed by atoms with Crippen LogP contribution in [0.4, 0.5) is 18.9 Å². The van der Waals surface area contributed by atoms with Gasteiger partial charge in [0.25, 0.3) is 5.91 Å². The summed E-state index contributed by atoms with van der Waals surface area (Å²) in [5.41, 5.74) is -0.208. The van der Waals surface area contributed by atoms with E-state index in [0.717, 1.165) is 18.2 Å².